The number of hydrogen-bond donors (Lipinski definition) is 0. The molecule has 2 aromatic heterocycles. The van der Waals surface area contributed by atoms with Crippen LogP contribution in [0.4, 0.5) is 0 Å². The van der Waals surface area contributed by atoms with E-state index in [1.54, 1.807) is 60.7 Å². The van der Waals surface area contributed by atoms with E-state index in [1.807, 2.05) is 46.8 Å². The van der Waals surface area contributed by atoms with Crippen molar-refractivity contribution < 1.29 is 19.1 Å². The molecule has 232 valence electrons. The minimum absolute atomic E-state index is 0.0703. The summed E-state index contributed by atoms with van der Waals surface area (Å²) in [4.78, 5) is 29.6. The lowest BCUT2D eigenvalue weighted by molar-refractivity contribution is -0.129. The van der Waals surface area contributed by atoms with Crippen molar-refractivity contribution in [1.29, 1.82) is 0 Å². The molecule has 1 aliphatic heterocycles. The molecule has 0 saturated heterocycles. The van der Waals surface area contributed by atoms with Crippen molar-refractivity contribution in [2.24, 2.45) is 0 Å². The van der Waals surface area contributed by atoms with Crippen LogP contribution in [0.15, 0.2) is 30.3 Å². The smallest absolute Gasteiger partial charge is 0.274 e. The Morgan fingerprint density at radius 1 is 1.00 bits per heavy atom. The third-order valence-corrected chi connectivity index (χ3v) is 8.39. The van der Waals surface area contributed by atoms with E-state index in [0.717, 1.165) is 22.5 Å². The lowest BCUT2D eigenvalue weighted by atomic mass is 9.94. The minimum atomic E-state index is -0.440. The molecule has 0 fully saturated rings. The summed E-state index contributed by atoms with van der Waals surface area (Å²) in [6.07, 6.45) is 0. The van der Waals surface area contributed by atoms with E-state index in [0.29, 0.717) is 44.1 Å². The predicted molar refractivity (Wildman–Crippen MR) is 171 cm³/mol. The Bertz CT molecular complexity index is 1780. The van der Waals surface area contributed by atoms with Crippen molar-refractivity contribution in [2.75, 3.05) is 28.3 Å². The van der Waals surface area contributed by atoms with Gasteiger partial charge in [0.05, 0.1) is 24.2 Å². The van der Waals surface area contributed by atoms with Gasteiger partial charge in [-0.3, -0.25) is 14.3 Å². The first kappa shape index (κ1) is 31.4. The van der Waals surface area contributed by atoms with Crippen molar-refractivity contribution in [1.82, 2.24) is 29.4 Å². The van der Waals surface area contributed by atoms with Crippen LogP contribution in [0.2, 0.25) is 10.0 Å². The maximum Gasteiger partial charge on any atom is 0.274 e. The van der Waals surface area contributed by atoms with Crippen LogP contribution >= 0.6 is 23.2 Å². The Kier molecular flexibility index (Phi) is 8.20. The zero-order valence-corrected chi connectivity index (χ0v) is 27.9. The summed E-state index contributed by atoms with van der Waals surface area (Å²) < 4.78 is 15.5. The second kappa shape index (κ2) is 11.5. The number of ether oxygens (including phenoxy) is 2. The highest BCUT2D eigenvalue weighted by Gasteiger charge is 2.35. The highest BCUT2D eigenvalue weighted by Crippen LogP contribution is 2.47. The second-order valence-corrected chi connectivity index (χ2v) is 13.0. The molecule has 2 aromatic carbocycles. The Balaban J connectivity index is 1.77. The first-order valence-electron chi connectivity index (χ1n) is 14.1. The average Bonchev–Trinajstić information content (AvgIpc) is 3.47. The van der Waals surface area contributed by atoms with Crippen molar-refractivity contribution in [2.45, 2.75) is 53.3 Å². The fraction of sp³-hybridized carbons (Fsp3) is 0.375. The van der Waals surface area contributed by atoms with Crippen LogP contribution in [-0.2, 0) is 17.9 Å². The standard InChI is InChI=1S/C32H36Cl2N6O4/c1-17-28(18(2)39(35-17)15-27(41)37(6)7)22-13-23-26(14-25(22)43-9)44-16-24-29(31(42)38(8)32(3,4)5)36-40(30(23)24)21-11-19(33)10-20(34)12-21/h10-14H,15-16H2,1-9H3. The number of hydrogen-bond acceptors (Lipinski definition) is 6. The first-order chi connectivity index (χ1) is 20.6. The van der Waals surface area contributed by atoms with Gasteiger partial charge in [0.1, 0.15) is 24.7 Å². The molecule has 1 aliphatic rings. The summed E-state index contributed by atoms with van der Waals surface area (Å²) in [5.41, 5.74) is 5.62. The zero-order chi connectivity index (χ0) is 32.2. The van der Waals surface area contributed by atoms with Gasteiger partial charge >= 0.3 is 0 Å². The van der Waals surface area contributed by atoms with E-state index in [9.17, 15) is 9.59 Å². The molecule has 0 spiro atoms. The second-order valence-electron chi connectivity index (χ2n) is 12.1. The van der Waals surface area contributed by atoms with Crippen LogP contribution in [0.5, 0.6) is 11.5 Å². The number of aromatic nitrogens is 4. The van der Waals surface area contributed by atoms with E-state index in [4.69, 9.17) is 37.8 Å². The highest BCUT2D eigenvalue weighted by molar-refractivity contribution is 6.34. The van der Waals surface area contributed by atoms with E-state index < -0.39 is 5.54 Å². The van der Waals surface area contributed by atoms with Crippen molar-refractivity contribution in [3.05, 3.63) is 63.0 Å². The van der Waals surface area contributed by atoms with Gasteiger partial charge in [0, 0.05) is 70.7 Å². The third kappa shape index (κ3) is 5.52. The largest absolute Gasteiger partial charge is 0.496 e. The lowest BCUT2D eigenvalue weighted by Gasteiger charge is -2.31. The molecule has 4 aromatic rings. The molecule has 0 unspecified atom stereocenters. The van der Waals surface area contributed by atoms with Gasteiger partial charge in [0.15, 0.2) is 5.69 Å². The van der Waals surface area contributed by atoms with Crippen molar-refractivity contribution in [3.63, 3.8) is 0 Å². The van der Waals surface area contributed by atoms with Gasteiger partial charge in [-0.25, -0.2) is 4.68 Å². The van der Waals surface area contributed by atoms with Crippen LogP contribution in [0, 0.1) is 13.8 Å². The average molecular weight is 640 g/mol. The molecule has 5 rings (SSSR count). The number of aryl methyl sites for hydroxylation is 1. The van der Waals surface area contributed by atoms with Gasteiger partial charge < -0.3 is 19.3 Å². The topological polar surface area (TPSA) is 94.7 Å². The molecule has 3 heterocycles. The van der Waals surface area contributed by atoms with E-state index in [-0.39, 0.29) is 30.7 Å². The number of likely N-dealkylation sites (N-methyl/N-ethyl adjacent to an activating group) is 1. The van der Waals surface area contributed by atoms with E-state index in [1.165, 1.54) is 4.90 Å². The Labute approximate surface area is 267 Å². The summed E-state index contributed by atoms with van der Waals surface area (Å²) in [6, 6.07) is 8.95. The Morgan fingerprint density at radius 3 is 2.25 bits per heavy atom. The van der Waals surface area contributed by atoms with E-state index >= 15 is 0 Å². The van der Waals surface area contributed by atoms with Crippen LogP contribution < -0.4 is 9.47 Å². The minimum Gasteiger partial charge on any atom is -0.496 e. The molecular formula is C32H36Cl2N6O4. The Hall–Kier alpha value is -4.02. The molecule has 0 saturated carbocycles. The number of carbonyl (C=O) groups is 2. The molecule has 0 radical (unpaired) electrons. The zero-order valence-electron chi connectivity index (χ0n) is 26.4. The maximum absolute atomic E-state index is 13.9. The fourth-order valence-corrected chi connectivity index (χ4v) is 5.75. The molecule has 10 nitrogen and oxygen atoms in total. The first-order valence-corrected chi connectivity index (χ1v) is 14.8. The summed E-state index contributed by atoms with van der Waals surface area (Å²) in [7, 11) is 6.79. The normalized spacial score (nSPS) is 12.3. The quantitative estimate of drug-likeness (QED) is 0.250. The molecule has 0 bridgehead atoms. The molecule has 2 amide bonds. The summed E-state index contributed by atoms with van der Waals surface area (Å²) in [5.74, 6) is 0.845. The predicted octanol–water partition coefficient (Wildman–Crippen LogP) is 6.19. The van der Waals surface area contributed by atoms with Crippen molar-refractivity contribution >= 4 is 35.0 Å². The van der Waals surface area contributed by atoms with Crippen LogP contribution in [-0.4, -0.2) is 75.0 Å². The van der Waals surface area contributed by atoms with Gasteiger partial charge in [-0.2, -0.15) is 10.2 Å². The van der Waals surface area contributed by atoms with Gasteiger partial charge in [0.2, 0.25) is 5.91 Å². The molecule has 44 heavy (non-hydrogen) atoms. The number of nitrogens with zero attached hydrogens (tertiary/aromatic N) is 6. The Morgan fingerprint density at radius 2 is 1.66 bits per heavy atom. The SMILES string of the molecule is COc1cc2c(cc1-c1c(C)nn(CC(=O)N(C)C)c1C)-c1c(c(C(=O)N(C)C(C)(C)C)nn1-c1cc(Cl)cc(Cl)c1)CO2. The number of rotatable bonds is 6. The molecule has 0 N–H and O–H groups in total. The number of amides is 2. The summed E-state index contributed by atoms with van der Waals surface area (Å²) >= 11 is 12.8. The van der Waals surface area contributed by atoms with Gasteiger partial charge in [-0.1, -0.05) is 23.2 Å². The van der Waals surface area contributed by atoms with Gasteiger partial charge in [-0.05, 0) is 58.9 Å². The number of carbonyl (C=O) groups excluding carboxylic acids is 2. The van der Waals surface area contributed by atoms with Crippen molar-refractivity contribution in [3.8, 4) is 39.6 Å². The molecular weight excluding hydrogens is 603 g/mol. The van der Waals surface area contributed by atoms with Crippen LogP contribution in [0.25, 0.3) is 28.1 Å². The van der Waals surface area contributed by atoms with Crippen LogP contribution in [0.3, 0.4) is 0 Å². The molecule has 0 atom stereocenters. The number of methoxy groups -OCH3 is 1. The lowest BCUT2D eigenvalue weighted by Crippen LogP contribution is -2.43. The fourth-order valence-electron chi connectivity index (χ4n) is 5.24. The van der Waals surface area contributed by atoms with Crippen LogP contribution in [0.1, 0.15) is 48.2 Å². The molecule has 12 heteroatoms. The number of fused-ring (bicyclic) bond motifs is 3. The number of benzene rings is 2. The highest BCUT2D eigenvalue weighted by atomic mass is 35.5. The molecule has 0 aliphatic carbocycles. The van der Waals surface area contributed by atoms with Gasteiger partial charge in [-0.15, -0.1) is 0 Å². The monoisotopic (exact) mass is 638 g/mol. The van der Waals surface area contributed by atoms with Gasteiger partial charge in [0.25, 0.3) is 5.91 Å². The van der Waals surface area contributed by atoms with E-state index in [2.05, 4.69) is 5.10 Å². The maximum atomic E-state index is 13.9. The summed E-state index contributed by atoms with van der Waals surface area (Å²) in [5, 5.41) is 10.4. The third-order valence-electron chi connectivity index (χ3n) is 7.95. The summed E-state index contributed by atoms with van der Waals surface area (Å²) in [6.45, 7) is 9.95. The number of halogens is 2.